The third-order valence-electron chi connectivity index (χ3n) is 5.04. The van der Waals surface area contributed by atoms with Crippen LogP contribution in [0.15, 0.2) is 0 Å². The van der Waals surface area contributed by atoms with Crippen molar-refractivity contribution in [2.75, 3.05) is 0 Å². The van der Waals surface area contributed by atoms with E-state index >= 15 is 0 Å². The van der Waals surface area contributed by atoms with Crippen LogP contribution in [0.3, 0.4) is 0 Å². The van der Waals surface area contributed by atoms with Crippen molar-refractivity contribution in [3.63, 3.8) is 0 Å². The van der Waals surface area contributed by atoms with Crippen molar-refractivity contribution in [3.05, 3.63) is 0 Å². The minimum absolute atomic E-state index is 0.503. The smallest absolute Gasteiger partial charge is 0.136 e. The number of fused-ring (bicyclic) bond motifs is 3. The lowest BCUT2D eigenvalue weighted by Gasteiger charge is -2.53. The Morgan fingerprint density at radius 3 is 2.75 bits per heavy atom. The standard InChI is InChI=1S/C14H23NO/c1-10-8-13(16)9-12-7-6-11-4-2-3-5-14(11)15(10)12/h10-12,14H,2-9H2,1H3. The number of hydrogen-bond acceptors (Lipinski definition) is 2. The van der Waals surface area contributed by atoms with E-state index < -0.39 is 0 Å². The van der Waals surface area contributed by atoms with Crippen LogP contribution in [0.25, 0.3) is 0 Å². The Balaban J connectivity index is 1.80. The van der Waals surface area contributed by atoms with Crippen molar-refractivity contribution in [2.45, 2.75) is 76.4 Å². The highest BCUT2D eigenvalue weighted by Gasteiger charge is 2.43. The van der Waals surface area contributed by atoms with E-state index in [0.29, 0.717) is 17.9 Å². The van der Waals surface area contributed by atoms with Crippen LogP contribution in [0, 0.1) is 5.92 Å². The first-order valence-electron chi connectivity index (χ1n) is 7.05. The van der Waals surface area contributed by atoms with Gasteiger partial charge in [0.2, 0.25) is 0 Å². The second-order valence-electron chi connectivity index (χ2n) is 6.09. The summed E-state index contributed by atoms with van der Waals surface area (Å²) in [6, 6.07) is 1.92. The van der Waals surface area contributed by atoms with Crippen molar-refractivity contribution < 1.29 is 4.79 Å². The number of nitrogens with zero attached hydrogens (tertiary/aromatic N) is 1. The molecule has 3 fully saturated rings. The summed E-state index contributed by atoms with van der Waals surface area (Å²) < 4.78 is 0. The van der Waals surface area contributed by atoms with Crippen LogP contribution < -0.4 is 0 Å². The molecule has 0 amide bonds. The maximum atomic E-state index is 11.7. The molecule has 2 nitrogen and oxygen atoms in total. The molecule has 2 aliphatic heterocycles. The average Bonchev–Trinajstić information content (AvgIpc) is 2.28. The van der Waals surface area contributed by atoms with Gasteiger partial charge in [0, 0.05) is 31.0 Å². The normalized spacial score (nSPS) is 44.9. The van der Waals surface area contributed by atoms with E-state index in [-0.39, 0.29) is 0 Å². The van der Waals surface area contributed by atoms with Gasteiger partial charge in [-0.05, 0) is 38.5 Å². The van der Waals surface area contributed by atoms with Crippen LogP contribution >= 0.6 is 0 Å². The van der Waals surface area contributed by atoms with E-state index in [4.69, 9.17) is 0 Å². The van der Waals surface area contributed by atoms with Gasteiger partial charge >= 0.3 is 0 Å². The zero-order valence-electron chi connectivity index (χ0n) is 10.3. The number of ketones is 1. The lowest BCUT2D eigenvalue weighted by atomic mass is 9.73. The first-order valence-corrected chi connectivity index (χ1v) is 7.05. The van der Waals surface area contributed by atoms with Gasteiger partial charge in [-0.2, -0.15) is 0 Å². The zero-order chi connectivity index (χ0) is 11.1. The predicted octanol–water partition coefficient (Wildman–Crippen LogP) is 2.76. The summed E-state index contributed by atoms with van der Waals surface area (Å²) in [5.74, 6) is 1.45. The van der Waals surface area contributed by atoms with Crippen LogP contribution in [0.5, 0.6) is 0 Å². The molecule has 0 radical (unpaired) electrons. The zero-order valence-corrected chi connectivity index (χ0v) is 10.3. The monoisotopic (exact) mass is 221 g/mol. The van der Waals surface area contributed by atoms with E-state index in [2.05, 4.69) is 11.8 Å². The highest BCUT2D eigenvalue weighted by atomic mass is 16.1. The number of rotatable bonds is 0. The Morgan fingerprint density at radius 1 is 1.06 bits per heavy atom. The Labute approximate surface area is 98.4 Å². The summed E-state index contributed by atoms with van der Waals surface area (Å²) in [5.41, 5.74) is 0. The van der Waals surface area contributed by atoms with Crippen LogP contribution in [-0.4, -0.2) is 28.8 Å². The van der Waals surface area contributed by atoms with Gasteiger partial charge in [0.05, 0.1) is 0 Å². The molecule has 2 heteroatoms. The van der Waals surface area contributed by atoms with Crippen molar-refractivity contribution in [1.29, 1.82) is 0 Å². The van der Waals surface area contributed by atoms with E-state index in [1.165, 1.54) is 38.5 Å². The van der Waals surface area contributed by atoms with Crippen LogP contribution in [0.2, 0.25) is 0 Å². The lowest BCUT2D eigenvalue weighted by molar-refractivity contribution is -0.130. The van der Waals surface area contributed by atoms with Gasteiger partial charge in [-0.15, -0.1) is 0 Å². The van der Waals surface area contributed by atoms with Gasteiger partial charge in [-0.1, -0.05) is 12.8 Å². The number of hydrogen-bond donors (Lipinski definition) is 0. The van der Waals surface area contributed by atoms with Crippen molar-refractivity contribution in [2.24, 2.45) is 5.92 Å². The predicted molar refractivity (Wildman–Crippen MR) is 64.3 cm³/mol. The molecule has 3 aliphatic rings. The summed E-state index contributed by atoms with van der Waals surface area (Å²) in [6.45, 7) is 2.26. The van der Waals surface area contributed by atoms with E-state index in [1.54, 1.807) is 0 Å². The van der Waals surface area contributed by atoms with Gasteiger partial charge in [0.25, 0.3) is 0 Å². The fraction of sp³-hybridized carbons (Fsp3) is 0.929. The van der Waals surface area contributed by atoms with E-state index in [9.17, 15) is 4.79 Å². The number of Topliss-reactive ketones (excluding diaryl/α,β-unsaturated/α-hetero) is 1. The highest BCUT2D eigenvalue weighted by molar-refractivity contribution is 5.80. The molecule has 1 saturated carbocycles. The molecule has 0 aromatic carbocycles. The maximum absolute atomic E-state index is 11.7. The third kappa shape index (κ3) is 1.71. The Kier molecular flexibility index (Phi) is 2.78. The summed E-state index contributed by atoms with van der Waals surface area (Å²) >= 11 is 0. The molecule has 90 valence electrons. The molecule has 2 saturated heterocycles. The van der Waals surface area contributed by atoms with Crippen LogP contribution in [-0.2, 0) is 4.79 Å². The van der Waals surface area contributed by atoms with Gasteiger partial charge in [0.15, 0.2) is 0 Å². The van der Waals surface area contributed by atoms with E-state index in [1.807, 2.05) is 0 Å². The highest BCUT2D eigenvalue weighted by Crippen LogP contribution is 2.41. The van der Waals surface area contributed by atoms with Gasteiger partial charge in [-0.25, -0.2) is 0 Å². The lowest BCUT2D eigenvalue weighted by Crippen LogP contribution is -2.59. The molecular formula is C14H23NO. The van der Waals surface area contributed by atoms with Crippen LogP contribution in [0.4, 0.5) is 0 Å². The van der Waals surface area contributed by atoms with Crippen molar-refractivity contribution in [3.8, 4) is 0 Å². The molecule has 16 heavy (non-hydrogen) atoms. The molecule has 0 aromatic heterocycles. The van der Waals surface area contributed by atoms with Gasteiger partial charge < -0.3 is 0 Å². The van der Waals surface area contributed by atoms with Crippen molar-refractivity contribution in [1.82, 2.24) is 4.90 Å². The molecule has 4 atom stereocenters. The maximum Gasteiger partial charge on any atom is 0.136 e. The molecule has 1 aliphatic carbocycles. The van der Waals surface area contributed by atoms with Crippen LogP contribution in [0.1, 0.15) is 58.3 Å². The Bertz CT molecular complexity index is 288. The number of carbonyl (C=O) groups is 1. The molecule has 2 heterocycles. The minimum Gasteiger partial charge on any atom is -0.300 e. The Morgan fingerprint density at radius 2 is 1.88 bits per heavy atom. The molecular weight excluding hydrogens is 198 g/mol. The molecule has 0 N–H and O–H groups in total. The first kappa shape index (κ1) is 10.8. The summed E-state index contributed by atoms with van der Waals surface area (Å²) in [7, 11) is 0. The van der Waals surface area contributed by atoms with Gasteiger partial charge in [0.1, 0.15) is 5.78 Å². The molecule has 0 bridgehead atoms. The summed E-state index contributed by atoms with van der Waals surface area (Å²) in [6.07, 6.45) is 9.97. The third-order valence-corrected chi connectivity index (χ3v) is 5.04. The molecule has 0 spiro atoms. The fourth-order valence-corrected chi connectivity index (χ4v) is 4.42. The average molecular weight is 221 g/mol. The Hall–Kier alpha value is -0.370. The molecule has 0 aromatic rings. The minimum atomic E-state index is 0.503. The van der Waals surface area contributed by atoms with E-state index in [0.717, 1.165) is 24.8 Å². The second kappa shape index (κ2) is 4.14. The molecule has 4 unspecified atom stereocenters. The molecule has 3 rings (SSSR count). The largest absolute Gasteiger partial charge is 0.300 e. The summed E-state index contributed by atoms with van der Waals surface area (Å²) in [4.78, 5) is 14.4. The number of piperidine rings is 2. The topological polar surface area (TPSA) is 20.3 Å². The fourth-order valence-electron chi connectivity index (χ4n) is 4.42. The van der Waals surface area contributed by atoms with Crippen molar-refractivity contribution >= 4 is 5.78 Å². The quantitative estimate of drug-likeness (QED) is 0.627. The first-order chi connectivity index (χ1) is 7.75. The summed E-state index contributed by atoms with van der Waals surface area (Å²) in [5, 5.41) is 0. The number of carbonyl (C=O) groups excluding carboxylic acids is 1. The SMILES string of the molecule is CC1CC(=O)CC2CCC3CCCCC3N12. The van der Waals surface area contributed by atoms with Gasteiger partial charge in [-0.3, -0.25) is 9.69 Å². The second-order valence-corrected chi connectivity index (χ2v) is 6.09.